The number of carbonyl (C=O) groups excluding carboxylic acids is 1. The maximum absolute atomic E-state index is 13.0. The van der Waals surface area contributed by atoms with Crippen LogP contribution in [0.2, 0.25) is 0 Å². The fraction of sp³-hybridized carbons (Fsp3) is 0.286. The molecule has 6 nitrogen and oxygen atoms in total. The lowest BCUT2D eigenvalue weighted by atomic mass is 10.1. The maximum atomic E-state index is 13.0. The van der Waals surface area contributed by atoms with E-state index < -0.39 is 6.04 Å². The molecule has 0 aliphatic carbocycles. The van der Waals surface area contributed by atoms with Gasteiger partial charge in [0, 0.05) is 12.0 Å². The second-order valence-corrected chi connectivity index (χ2v) is 6.29. The first kappa shape index (κ1) is 19.5. The monoisotopic (exact) mass is 383 g/mol. The van der Waals surface area contributed by atoms with Gasteiger partial charge in [0.2, 0.25) is 17.6 Å². The van der Waals surface area contributed by atoms with Gasteiger partial charge in [-0.3, -0.25) is 4.79 Å². The van der Waals surface area contributed by atoms with E-state index in [1.165, 1.54) is 12.1 Å². The number of halogens is 1. The van der Waals surface area contributed by atoms with Gasteiger partial charge in [-0.1, -0.05) is 23.4 Å². The number of nitrogens with one attached hydrogen (secondary N) is 1. The Morgan fingerprint density at radius 1 is 1.21 bits per heavy atom. The molecule has 0 radical (unpaired) electrons. The third-order valence-electron chi connectivity index (χ3n) is 4.19. The first-order chi connectivity index (χ1) is 13.6. The number of nitrogens with zero attached hydrogens (tertiary/aromatic N) is 2. The van der Waals surface area contributed by atoms with E-state index in [1.54, 1.807) is 19.1 Å². The Bertz CT molecular complexity index is 925. The molecule has 1 heterocycles. The highest BCUT2D eigenvalue weighted by Crippen LogP contribution is 2.21. The minimum Gasteiger partial charge on any atom is -0.494 e. The van der Waals surface area contributed by atoms with Gasteiger partial charge >= 0.3 is 0 Å². The van der Waals surface area contributed by atoms with Gasteiger partial charge in [-0.25, -0.2) is 4.39 Å². The molecular formula is C21H22FN3O3. The van der Waals surface area contributed by atoms with Gasteiger partial charge in [0.25, 0.3) is 0 Å². The summed E-state index contributed by atoms with van der Waals surface area (Å²) in [4.78, 5) is 16.6. The van der Waals surface area contributed by atoms with E-state index in [1.807, 2.05) is 31.2 Å². The van der Waals surface area contributed by atoms with Crippen molar-refractivity contribution in [1.29, 1.82) is 0 Å². The van der Waals surface area contributed by atoms with Crippen molar-refractivity contribution in [2.24, 2.45) is 0 Å². The number of aryl methyl sites for hydroxylation is 1. The lowest BCUT2D eigenvalue weighted by molar-refractivity contribution is -0.121. The molecule has 3 aromatic rings. The average Bonchev–Trinajstić information content (AvgIpc) is 3.18. The van der Waals surface area contributed by atoms with Crippen LogP contribution in [0, 0.1) is 5.82 Å². The normalized spacial score (nSPS) is 11.8. The van der Waals surface area contributed by atoms with Crippen molar-refractivity contribution in [3.05, 3.63) is 65.8 Å². The van der Waals surface area contributed by atoms with Gasteiger partial charge in [0.05, 0.1) is 6.61 Å². The van der Waals surface area contributed by atoms with E-state index in [9.17, 15) is 9.18 Å². The molecule has 0 aliphatic heterocycles. The van der Waals surface area contributed by atoms with E-state index >= 15 is 0 Å². The molecule has 2 aromatic carbocycles. The standard InChI is InChI=1S/C21H22FN3O3/c1-3-27-18-7-5-4-6-15(18)10-13-19(26)23-14(2)21-24-20(25-28-21)16-8-11-17(22)12-9-16/h4-9,11-12,14H,3,10,13H2,1-2H3,(H,23,26). The molecule has 1 amide bonds. The first-order valence-corrected chi connectivity index (χ1v) is 9.16. The fourth-order valence-corrected chi connectivity index (χ4v) is 2.76. The first-order valence-electron chi connectivity index (χ1n) is 9.16. The minimum absolute atomic E-state index is 0.125. The highest BCUT2D eigenvalue weighted by atomic mass is 19.1. The number of ether oxygens (including phenoxy) is 1. The van der Waals surface area contributed by atoms with Crippen molar-refractivity contribution in [3.63, 3.8) is 0 Å². The number of hydrogen-bond acceptors (Lipinski definition) is 5. The van der Waals surface area contributed by atoms with Crippen molar-refractivity contribution in [1.82, 2.24) is 15.5 Å². The van der Waals surface area contributed by atoms with Crippen LogP contribution in [0.15, 0.2) is 53.1 Å². The van der Waals surface area contributed by atoms with Crippen molar-refractivity contribution in [2.45, 2.75) is 32.7 Å². The van der Waals surface area contributed by atoms with Gasteiger partial charge in [-0.05, 0) is 56.2 Å². The molecule has 1 atom stereocenters. The molecule has 1 unspecified atom stereocenters. The lowest BCUT2D eigenvalue weighted by Crippen LogP contribution is -2.27. The van der Waals surface area contributed by atoms with Crippen molar-refractivity contribution in [2.75, 3.05) is 6.61 Å². The van der Waals surface area contributed by atoms with Crippen LogP contribution in [-0.4, -0.2) is 22.7 Å². The second kappa shape index (κ2) is 9.12. The second-order valence-electron chi connectivity index (χ2n) is 6.29. The van der Waals surface area contributed by atoms with Crippen LogP contribution in [0.4, 0.5) is 4.39 Å². The molecular weight excluding hydrogens is 361 g/mol. The largest absolute Gasteiger partial charge is 0.494 e. The molecule has 3 rings (SSSR count). The summed E-state index contributed by atoms with van der Waals surface area (Å²) in [7, 11) is 0. The van der Waals surface area contributed by atoms with Crippen LogP contribution in [0.25, 0.3) is 11.4 Å². The number of aromatic nitrogens is 2. The molecule has 1 N–H and O–H groups in total. The predicted octanol–water partition coefficient (Wildman–Crippen LogP) is 4.08. The molecule has 28 heavy (non-hydrogen) atoms. The predicted molar refractivity (Wildman–Crippen MR) is 102 cm³/mol. The topological polar surface area (TPSA) is 77.2 Å². The molecule has 146 valence electrons. The van der Waals surface area contributed by atoms with Gasteiger partial charge in [-0.2, -0.15) is 4.98 Å². The zero-order valence-electron chi connectivity index (χ0n) is 15.8. The summed E-state index contributed by atoms with van der Waals surface area (Å²) >= 11 is 0. The number of para-hydroxylation sites is 1. The Hall–Kier alpha value is -3.22. The molecule has 0 saturated heterocycles. The molecule has 0 bridgehead atoms. The zero-order valence-corrected chi connectivity index (χ0v) is 15.8. The van der Waals surface area contributed by atoms with Gasteiger partial charge < -0.3 is 14.6 Å². The summed E-state index contributed by atoms with van der Waals surface area (Å²) < 4.78 is 23.8. The number of rotatable bonds is 8. The highest BCUT2D eigenvalue weighted by molar-refractivity contribution is 5.76. The van der Waals surface area contributed by atoms with E-state index in [0.29, 0.717) is 36.7 Å². The van der Waals surface area contributed by atoms with E-state index in [2.05, 4.69) is 15.5 Å². The number of benzene rings is 2. The molecule has 7 heteroatoms. The number of amides is 1. The number of hydrogen-bond donors (Lipinski definition) is 1. The SMILES string of the molecule is CCOc1ccccc1CCC(=O)NC(C)c1nc(-c2ccc(F)cc2)no1. The fourth-order valence-electron chi connectivity index (χ4n) is 2.76. The average molecular weight is 383 g/mol. The van der Waals surface area contributed by atoms with Crippen molar-refractivity contribution >= 4 is 5.91 Å². The van der Waals surface area contributed by atoms with Crippen LogP contribution in [-0.2, 0) is 11.2 Å². The quantitative estimate of drug-likeness (QED) is 0.634. The van der Waals surface area contributed by atoms with Crippen LogP contribution in [0.3, 0.4) is 0 Å². The van der Waals surface area contributed by atoms with Gasteiger partial charge in [0.15, 0.2) is 0 Å². The smallest absolute Gasteiger partial charge is 0.249 e. The van der Waals surface area contributed by atoms with Crippen molar-refractivity contribution < 1.29 is 18.4 Å². The molecule has 0 saturated carbocycles. The molecule has 0 fully saturated rings. The molecule has 0 aliphatic rings. The maximum Gasteiger partial charge on any atom is 0.249 e. The van der Waals surface area contributed by atoms with Gasteiger partial charge in [0.1, 0.15) is 17.6 Å². The zero-order chi connectivity index (χ0) is 19.9. The Balaban J connectivity index is 1.57. The Morgan fingerprint density at radius 3 is 2.71 bits per heavy atom. The Labute approximate surface area is 162 Å². The molecule has 0 spiro atoms. The summed E-state index contributed by atoms with van der Waals surface area (Å²) in [5, 5.41) is 6.75. The Kier molecular flexibility index (Phi) is 6.37. The van der Waals surface area contributed by atoms with Crippen LogP contribution in [0.1, 0.15) is 37.8 Å². The summed E-state index contributed by atoms with van der Waals surface area (Å²) in [5.41, 5.74) is 1.63. The van der Waals surface area contributed by atoms with E-state index in [-0.39, 0.29) is 11.7 Å². The third kappa shape index (κ3) is 4.94. The highest BCUT2D eigenvalue weighted by Gasteiger charge is 2.17. The van der Waals surface area contributed by atoms with Crippen LogP contribution in [0.5, 0.6) is 5.75 Å². The number of carbonyl (C=O) groups is 1. The minimum atomic E-state index is -0.434. The summed E-state index contributed by atoms with van der Waals surface area (Å²) in [6, 6.07) is 13.1. The summed E-state index contributed by atoms with van der Waals surface area (Å²) in [6.07, 6.45) is 0.882. The van der Waals surface area contributed by atoms with E-state index in [4.69, 9.17) is 9.26 Å². The van der Waals surface area contributed by atoms with Crippen LogP contribution < -0.4 is 10.1 Å². The lowest BCUT2D eigenvalue weighted by Gasteiger charge is -2.11. The van der Waals surface area contributed by atoms with Crippen molar-refractivity contribution in [3.8, 4) is 17.1 Å². The summed E-state index contributed by atoms with van der Waals surface area (Å²) in [6.45, 7) is 4.28. The Morgan fingerprint density at radius 2 is 1.96 bits per heavy atom. The van der Waals surface area contributed by atoms with Crippen LogP contribution >= 0.6 is 0 Å². The summed E-state index contributed by atoms with van der Waals surface area (Å²) in [5.74, 6) is 0.982. The van der Waals surface area contributed by atoms with E-state index in [0.717, 1.165) is 11.3 Å². The third-order valence-corrected chi connectivity index (χ3v) is 4.19. The van der Waals surface area contributed by atoms with Gasteiger partial charge in [-0.15, -0.1) is 0 Å². The molecule has 1 aromatic heterocycles.